The average Bonchev–Trinajstić information content (AvgIpc) is 2.65. The van der Waals surface area contributed by atoms with Gasteiger partial charge in [-0.1, -0.05) is 26.0 Å². The fraction of sp³-hybridized carbons (Fsp3) is 0.550. The first kappa shape index (κ1) is 22.7. The molecule has 0 saturated carbocycles. The van der Waals surface area contributed by atoms with Crippen LogP contribution in [0.25, 0.3) is 0 Å². The second-order valence-corrected chi connectivity index (χ2v) is 6.98. The number of benzene rings is 1. The van der Waals surface area contributed by atoms with E-state index in [1.807, 2.05) is 13.8 Å². The van der Waals surface area contributed by atoms with Gasteiger partial charge >= 0.3 is 5.97 Å². The van der Waals surface area contributed by atoms with Crippen molar-refractivity contribution in [1.82, 2.24) is 10.2 Å². The largest absolute Gasteiger partial charge is 0.480 e. The molecule has 2 unspecified atom stereocenters. The first-order valence-electron chi connectivity index (χ1n) is 9.77. The second-order valence-electron chi connectivity index (χ2n) is 6.98. The van der Waals surface area contributed by atoms with Crippen LogP contribution in [-0.4, -0.2) is 59.4 Å². The lowest BCUT2D eigenvalue weighted by atomic mass is 9.86. The van der Waals surface area contributed by atoms with Crippen molar-refractivity contribution in [1.29, 1.82) is 0 Å². The highest BCUT2D eigenvalue weighted by molar-refractivity contribution is 6.01. The van der Waals surface area contributed by atoms with Gasteiger partial charge in [-0.2, -0.15) is 0 Å². The van der Waals surface area contributed by atoms with Crippen LogP contribution in [0.15, 0.2) is 24.3 Å². The molecular weight excluding hydrogens is 384 g/mol. The Morgan fingerprint density at radius 3 is 2.45 bits per heavy atom. The van der Waals surface area contributed by atoms with Crippen molar-refractivity contribution in [3.05, 3.63) is 29.8 Å². The molecule has 0 aromatic heterocycles. The molecule has 3 rings (SSSR count). The molecule has 2 atom stereocenters. The van der Waals surface area contributed by atoms with E-state index >= 15 is 0 Å². The second kappa shape index (κ2) is 9.78. The normalized spacial score (nSPS) is 24.1. The van der Waals surface area contributed by atoms with Crippen molar-refractivity contribution in [3.63, 3.8) is 0 Å². The van der Waals surface area contributed by atoms with Gasteiger partial charge in [-0.25, -0.2) is 8.78 Å². The summed E-state index contributed by atoms with van der Waals surface area (Å²) in [6, 6.07) is 5.94. The Morgan fingerprint density at radius 2 is 1.90 bits per heavy atom. The summed E-state index contributed by atoms with van der Waals surface area (Å²) >= 11 is 0. The smallest absolute Gasteiger partial charge is 0.317 e. The molecule has 1 aromatic rings. The number of carbonyl (C=O) groups is 3. The topological polar surface area (TPSA) is 98.7 Å². The van der Waals surface area contributed by atoms with Crippen LogP contribution >= 0.6 is 0 Å². The Balaban J connectivity index is 0.00000145. The number of alkyl halides is 2. The molecule has 0 radical (unpaired) electrons. The summed E-state index contributed by atoms with van der Waals surface area (Å²) in [5.41, 5.74) is 1.09. The monoisotopic (exact) mass is 411 g/mol. The number of aliphatic carboxylic acids is 1. The number of carbonyl (C=O) groups excluding carboxylic acids is 2. The number of rotatable bonds is 5. The standard InChI is InChI=1S/C18H21F2N3O4.C2H6/c19-18(20)10-23(9-16(25)26)8-7-13(18)11-1-3-12(4-2-11)21-14-5-6-15(24)22-17(14)27;1-2/h1-4,13-14,21H,5-10H2,(H,25,26)(H,22,24,27);1-2H3. The zero-order chi connectivity index (χ0) is 21.6. The van der Waals surface area contributed by atoms with Crippen LogP contribution in [0.1, 0.15) is 44.6 Å². The van der Waals surface area contributed by atoms with Crippen LogP contribution < -0.4 is 10.6 Å². The molecule has 160 valence electrons. The molecule has 2 amide bonds. The van der Waals surface area contributed by atoms with E-state index in [2.05, 4.69) is 10.6 Å². The summed E-state index contributed by atoms with van der Waals surface area (Å²) in [5, 5.41) is 14.0. The van der Waals surface area contributed by atoms with Crippen molar-refractivity contribution < 1.29 is 28.3 Å². The Labute approximate surface area is 168 Å². The van der Waals surface area contributed by atoms with Crippen LogP contribution in [-0.2, 0) is 14.4 Å². The van der Waals surface area contributed by atoms with E-state index in [1.165, 1.54) is 4.90 Å². The maximum atomic E-state index is 14.5. The highest BCUT2D eigenvalue weighted by Crippen LogP contribution is 2.40. The number of hydrogen-bond acceptors (Lipinski definition) is 5. The zero-order valence-corrected chi connectivity index (χ0v) is 16.6. The molecule has 3 N–H and O–H groups in total. The third-order valence-corrected chi connectivity index (χ3v) is 4.93. The highest BCUT2D eigenvalue weighted by Gasteiger charge is 2.45. The van der Waals surface area contributed by atoms with Gasteiger partial charge in [-0.05, 0) is 37.1 Å². The van der Waals surface area contributed by atoms with Gasteiger partial charge in [0.05, 0.1) is 19.0 Å². The maximum absolute atomic E-state index is 14.5. The van der Waals surface area contributed by atoms with Crippen molar-refractivity contribution in [2.45, 2.75) is 51.0 Å². The summed E-state index contributed by atoms with van der Waals surface area (Å²) in [6.45, 7) is 3.32. The lowest BCUT2D eigenvalue weighted by Crippen LogP contribution is -2.48. The van der Waals surface area contributed by atoms with E-state index in [9.17, 15) is 23.2 Å². The van der Waals surface area contributed by atoms with Crippen LogP contribution in [0.2, 0.25) is 0 Å². The number of nitrogens with one attached hydrogen (secondary N) is 2. The predicted molar refractivity (Wildman–Crippen MR) is 104 cm³/mol. The molecule has 0 spiro atoms. The number of carboxylic acids is 1. The minimum Gasteiger partial charge on any atom is -0.480 e. The van der Waals surface area contributed by atoms with Crippen molar-refractivity contribution in [2.75, 3.05) is 25.0 Å². The van der Waals surface area contributed by atoms with Crippen LogP contribution in [0, 0.1) is 0 Å². The molecule has 2 heterocycles. The molecule has 0 bridgehead atoms. The van der Waals surface area contributed by atoms with E-state index in [0.29, 0.717) is 24.2 Å². The molecule has 29 heavy (non-hydrogen) atoms. The van der Waals surface area contributed by atoms with E-state index in [1.54, 1.807) is 24.3 Å². The van der Waals surface area contributed by atoms with Crippen molar-refractivity contribution in [2.24, 2.45) is 0 Å². The number of amides is 2. The Kier molecular flexibility index (Phi) is 7.66. The molecule has 1 aromatic carbocycles. The Morgan fingerprint density at radius 1 is 1.24 bits per heavy atom. The molecule has 2 aliphatic heterocycles. The first-order chi connectivity index (χ1) is 13.7. The number of imide groups is 1. The quantitative estimate of drug-likeness (QED) is 0.644. The minimum absolute atomic E-state index is 0.167. The van der Waals surface area contributed by atoms with Gasteiger partial charge in [-0.15, -0.1) is 0 Å². The van der Waals surface area contributed by atoms with E-state index < -0.39 is 42.8 Å². The molecule has 9 heteroatoms. The predicted octanol–water partition coefficient (Wildman–Crippen LogP) is 2.44. The third-order valence-electron chi connectivity index (χ3n) is 4.93. The van der Waals surface area contributed by atoms with Crippen molar-refractivity contribution >= 4 is 23.5 Å². The Bertz CT molecular complexity index is 740. The molecular formula is C20H27F2N3O4. The summed E-state index contributed by atoms with van der Waals surface area (Å²) in [4.78, 5) is 34.9. The number of nitrogens with zero attached hydrogens (tertiary/aromatic N) is 1. The molecule has 2 fully saturated rings. The summed E-state index contributed by atoms with van der Waals surface area (Å²) in [6.07, 6.45) is 0.801. The lowest BCUT2D eigenvalue weighted by molar-refractivity contribution is -0.142. The van der Waals surface area contributed by atoms with Gasteiger partial charge in [0.25, 0.3) is 5.92 Å². The van der Waals surface area contributed by atoms with Crippen molar-refractivity contribution in [3.8, 4) is 0 Å². The maximum Gasteiger partial charge on any atom is 0.317 e. The number of anilines is 1. The van der Waals surface area contributed by atoms with Gasteiger partial charge in [0.2, 0.25) is 11.8 Å². The highest BCUT2D eigenvalue weighted by atomic mass is 19.3. The lowest BCUT2D eigenvalue weighted by Gasteiger charge is -2.38. The first-order valence-corrected chi connectivity index (χ1v) is 9.77. The molecule has 2 aliphatic rings. The minimum atomic E-state index is -3.02. The van der Waals surface area contributed by atoms with Crippen LogP contribution in [0.5, 0.6) is 0 Å². The van der Waals surface area contributed by atoms with E-state index in [4.69, 9.17) is 5.11 Å². The number of halogens is 2. The molecule has 7 nitrogen and oxygen atoms in total. The van der Waals surface area contributed by atoms with Gasteiger partial charge in [-0.3, -0.25) is 24.6 Å². The number of carboxylic acid groups (broad SMARTS) is 1. The fourth-order valence-electron chi connectivity index (χ4n) is 3.59. The number of likely N-dealkylation sites (tertiary alicyclic amines) is 1. The number of hydrogen-bond donors (Lipinski definition) is 3. The van der Waals surface area contributed by atoms with Crippen LogP contribution in [0.3, 0.4) is 0 Å². The van der Waals surface area contributed by atoms with E-state index in [0.717, 1.165) is 0 Å². The third kappa shape index (κ3) is 5.96. The fourth-order valence-corrected chi connectivity index (χ4v) is 3.59. The summed E-state index contributed by atoms with van der Waals surface area (Å²) in [5.74, 6) is -5.82. The van der Waals surface area contributed by atoms with Gasteiger partial charge < -0.3 is 10.4 Å². The van der Waals surface area contributed by atoms with Gasteiger partial charge in [0, 0.05) is 12.1 Å². The summed E-state index contributed by atoms with van der Waals surface area (Å²) < 4.78 is 29.0. The average molecular weight is 411 g/mol. The SMILES string of the molecule is CC.O=C(O)CN1CCC(c2ccc(NC3CCC(=O)NC3=O)cc2)C(F)(F)C1. The summed E-state index contributed by atoms with van der Waals surface area (Å²) in [7, 11) is 0. The van der Waals surface area contributed by atoms with E-state index in [-0.39, 0.29) is 18.7 Å². The zero-order valence-electron chi connectivity index (χ0n) is 16.6. The molecule has 0 aliphatic carbocycles. The molecule has 2 saturated heterocycles. The van der Waals surface area contributed by atoms with Gasteiger partial charge in [0.15, 0.2) is 0 Å². The number of piperidine rings is 2. The van der Waals surface area contributed by atoms with Gasteiger partial charge in [0.1, 0.15) is 6.04 Å². The Hall–Kier alpha value is -2.55. The van der Waals surface area contributed by atoms with Crippen LogP contribution in [0.4, 0.5) is 14.5 Å².